The summed E-state index contributed by atoms with van der Waals surface area (Å²) in [7, 11) is 1.61. The van der Waals surface area contributed by atoms with Crippen molar-refractivity contribution in [2.45, 2.75) is 19.8 Å². The van der Waals surface area contributed by atoms with Crippen LogP contribution in [-0.4, -0.2) is 13.0 Å². The molecule has 4 heteroatoms. The van der Waals surface area contributed by atoms with E-state index in [9.17, 15) is 4.79 Å². The van der Waals surface area contributed by atoms with Gasteiger partial charge in [0.25, 0.3) is 0 Å². The Labute approximate surface area is 135 Å². The Bertz CT molecular complexity index is 836. The number of hydrogen-bond donors (Lipinski definition) is 1. The highest BCUT2D eigenvalue weighted by atomic mass is 16.5. The lowest BCUT2D eigenvalue weighted by atomic mass is 10.1. The van der Waals surface area contributed by atoms with Crippen LogP contribution in [0.15, 0.2) is 53.1 Å². The van der Waals surface area contributed by atoms with Gasteiger partial charge in [-0.3, -0.25) is 4.79 Å². The van der Waals surface area contributed by atoms with Crippen molar-refractivity contribution >= 4 is 22.6 Å². The second kappa shape index (κ2) is 6.57. The quantitative estimate of drug-likeness (QED) is 0.769. The van der Waals surface area contributed by atoms with Crippen molar-refractivity contribution in [3.8, 4) is 5.75 Å². The van der Waals surface area contributed by atoms with Crippen LogP contribution in [0, 0.1) is 0 Å². The van der Waals surface area contributed by atoms with Gasteiger partial charge in [0.1, 0.15) is 11.3 Å². The Morgan fingerprint density at radius 2 is 2.00 bits per heavy atom. The van der Waals surface area contributed by atoms with Gasteiger partial charge in [0, 0.05) is 22.7 Å². The number of methoxy groups -OCH3 is 1. The number of carbonyl (C=O) groups is 1. The van der Waals surface area contributed by atoms with Crippen molar-refractivity contribution in [3.05, 3.63) is 59.9 Å². The molecule has 0 spiro atoms. The van der Waals surface area contributed by atoms with Gasteiger partial charge in [0.2, 0.25) is 5.91 Å². The van der Waals surface area contributed by atoms with Gasteiger partial charge in [0.05, 0.1) is 19.8 Å². The van der Waals surface area contributed by atoms with Crippen LogP contribution in [0.25, 0.3) is 11.0 Å². The molecule has 0 atom stereocenters. The lowest BCUT2D eigenvalue weighted by Crippen LogP contribution is -2.15. The van der Waals surface area contributed by atoms with E-state index in [-0.39, 0.29) is 12.3 Å². The Morgan fingerprint density at radius 3 is 2.78 bits per heavy atom. The lowest BCUT2D eigenvalue weighted by molar-refractivity contribution is -0.115. The predicted molar refractivity (Wildman–Crippen MR) is 90.9 cm³/mol. The van der Waals surface area contributed by atoms with Crippen molar-refractivity contribution in [3.63, 3.8) is 0 Å². The number of benzene rings is 2. The maximum atomic E-state index is 12.3. The second-order valence-electron chi connectivity index (χ2n) is 5.36. The van der Waals surface area contributed by atoms with Gasteiger partial charge < -0.3 is 14.5 Å². The molecule has 4 nitrogen and oxygen atoms in total. The molecule has 0 fully saturated rings. The van der Waals surface area contributed by atoms with Gasteiger partial charge in [-0.2, -0.15) is 0 Å². The van der Waals surface area contributed by atoms with E-state index in [2.05, 4.69) is 12.2 Å². The zero-order chi connectivity index (χ0) is 16.2. The van der Waals surface area contributed by atoms with E-state index in [1.165, 1.54) is 0 Å². The molecule has 118 valence electrons. The minimum atomic E-state index is -0.0515. The fraction of sp³-hybridized carbons (Fsp3) is 0.211. The summed E-state index contributed by atoms with van der Waals surface area (Å²) in [6.07, 6.45) is 2.79. The van der Waals surface area contributed by atoms with Gasteiger partial charge >= 0.3 is 0 Å². The zero-order valence-electron chi connectivity index (χ0n) is 13.3. The smallest absolute Gasteiger partial charge is 0.228 e. The monoisotopic (exact) mass is 309 g/mol. The molecule has 0 aliphatic rings. The van der Waals surface area contributed by atoms with E-state index in [1.807, 2.05) is 42.5 Å². The van der Waals surface area contributed by atoms with Crippen molar-refractivity contribution in [2.75, 3.05) is 12.4 Å². The largest absolute Gasteiger partial charge is 0.497 e. The summed E-state index contributed by atoms with van der Waals surface area (Å²) in [4.78, 5) is 12.3. The predicted octanol–water partition coefficient (Wildman–Crippen LogP) is 4.19. The topological polar surface area (TPSA) is 51.5 Å². The minimum absolute atomic E-state index is 0.0515. The maximum absolute atomic E-state index is 12.3. The zero-order valence-corrected chi connectivity index (χ0v) is 13.3. The van der Waals surface area contributed by atoms with Crippen molar-refractivity contribution in [2.24, 2.45) is 0 Å². The highest BCUT2D eigenvalue weighted by Gasteiger charge is 2.12. The highest BCUT2D eigenvalue weighted by Crippen LogP contribution is 2.26. The minimum Gasteiger partial charge on any atom is -0.497 e. The number of anilines is 1. The fourth-order valence-corrected chi connectivity index (χ4v) is 2.65. The molecule has 23 heavy (non-hydrogen) atoms. The summed E-state index contributed by atoms with van der Waals surface area (Å²) < 4.78 is 10.7. The first-order valence-electron chi connectivity index (χ1n) is 7.63. The Balaban J connectivity index is 1.78. The molecule has 0 unspecified atom stereocenters. The van der Waals surface area contributed by atoms with Crippen LogP contribution in [-0.2, 0) is 17.6 Å². The summed E-state index contributed by atoms with van der Waals surface area (Å²) in [5.74, 6) is 0.684. The number of ether oxygens (including phenoxy) is 1. The third-order valence-electron chi connectivity index (χ3n) is 3.89. The molecule has 1 amide bonds. The number of nitrogens with one attached hydrogen (secondary N) is 1. The number of para-hydroxylation sites is 1. The number of rotatable bonds is 5. The van der Waals surface area contributed by atoms with E-state index in [0.29, 0.717) is 0 Å². The molecular formula is C19H19NO3. The van der Waals surface area contributed by atoms with Gasteiger partial charge in [-0.25, -0.2) is 0 Å². The molecule has 0 aliphatic carbocycles. The number of aryl methyl sites for hydroxylation is 1. The first kappa shape index (κ1) is 15.2. The average Bonchev–Trinajstić information content (AvgIpc) is 2.97. The highest BCUT2D eigenvalue weighted by molar-refractivity contribution is 5.96. The summed E-state index contributed by atoms with van der Waals surface area (Å²) >= 11 is 0. The summed E-state index contributed by atoms with van der Waals surface area (Å²) in [6, 6.07) is 13.5. The summed E-state index contributed by atoms with van der Waals surface area (Å²) in [5, 5.41) is 3.92. The van der Waals surface area contributed by atoms with E-state index in [4.69, 9.17) is 9.15 Å². The van der Waals surface area contributed by atoms with Crippen LogP contribution >= 0.6 is 0 Å². The van der Waals surface area contributed by atoms with E-state index in [0.717, 1.165) is 40.0 Å². The lowest BCUT2D eigenvalue weighted by Gasteiger charge is -2.09. The van der Waals surface area contributed by atoms with Gasteiger partial charge in [0.15, 0.2) is 0 Å². The molecule has 1 N–H and O–H groups in total. The standard InChI is InChI=1S/C19H19NO3/c1-3-13-6-4-5-7-17(13)20-19(21)10-14-12-23-18-11-15(22-2)8-9-16(14)18/h4-9,11-12H,3,10H2,1-2H3,(H,20,21). The third kappa shape index (κ3) is 3.21. The molecule has 0 bridgehead atoms. The fourth-order valence-electron chi connectivity index (χ4n) is 2.65. The molecular weight excluding hydrogens is 290 g/mol. The molecule has 1 heterocycles. The van der Waals surface area contributed by atoms with Gasteiger partial charge in [-0.15, -0.1) is 0 Å². The molecule has 3 rings (SSSR count). The Morgan fingerprint density at radius 1 is 1.17 bits per heavy atom. The summed E-state index contributed by atoms with van der Waals surface area (Å²) in [6.45, 7) is 2.07. The molecule has 0 radical (unpaired) electrons. The summed E-state index contributed by atoms with van der Waals surface area (Å²) in [5.41, 5.74) is 3.59. The van der Waals surface area contributed by atoms with Crippen LogP contribution in [0.3, 0.4) is 0 Å². The molecule has 0 saturated carbocycles. The average molecular weight is 309 g/mol. The molecule has 0 saturated heterocycles. The Hall–Kier alpha value is -2.75. The van der Waals surface area contributed by atoms with Gasteiger partial charge in [-0.05, 0) is 30.2 Å². The number of carbonyl (C=O) groups excluding carboxylic acids is 1. The first-order chi connectivity index (χ1) is 11.2. The van der Waals surface area contributed by atoms with Crippen molar-refractivity contribution in [1.29, 1.82) is 0 Å². The SMILES string of the molecule is CCc1ccccc1NC(=O)Cc1coc2cc(OC)ccc12. The number of fused-ring (bicyclic) bond motifs is 1. The van der Waals surface area contributed by atoms with Crippen LogP contribution in [0.2, 0.25) is 0 Å². The van der Waals surface area contributed by atoms with Crippen molar-refractivity contribution < 1.29 is 13.9 Å². The third-order valence-corrected chi connectivity index (χ3v) is 3.89. The number of hydrogen-bond acceptors (Lipinski definition) is 3. The van der Waals surface area contributed by atoms with Crippen LogP contribution in [0.4, 0.5) is 5.69 Å². The van der Waals surface area contributed by atoms with Crippen LogP contribution in [0.5, 0.6) is 5.75 Å². The maximum Gasteiger partial charge on any atom is 0.228 e. The Kier molecular flexibility index (Phi) is 4.33. The normalized spacial score (nSPS) is 10.7. The molecule has 3 aromatic rings. The number of amides is 1. The van der Waals surface area contributed by atoms with E-state index in [1.54, 1.807) is 13.4 Å². The van der Waals surface area contributed by atoms with Gasteiger partial charge in [-0.1, -0.05) is 25.1 Å². The molecule has 2 aromatic carbocycles. The van der Waals surface area contributed by atoms with Crippen LogP contribution < -0.4 is 10.1 Å². The second-order valence-corrected chi connectivity index (χ2v) is 5.36. The van der Waals surface area contributed by atoms with E-state index >= 15 is 0 Å². The molecule has 0 aliphatic heterocycles. The number of furan rings is 1. The van der Waals surface area contributed by atoms with Crippen molar-refractivity contribution in [1.82, 2.24) is 0 Å². The first-order valence-corrected chi connectivity index (χ1v) is 7.63. The van der Waals surface area contributed by atoms with Crippen LogP contribution in [0.1, 0.15) is 18.1 Å². The molecule has 1 aromatic heterocycles. The van der Waals surface area contributed by atoms with E-state index < -0.39 is 0 Å².